The number of carbonyl (C=O) groups is 1. The van der Waals surface area contributed by atoms with E-state index < -0.39 is 6.36 Å². The third-order valence-corrected chi connectivity index (χ3v) is 5.64. The maximum absolute atomic E-state index is 12.5. The molecule has 0 saturated heterocycles. The highest BCUT2D eigenvalue weighted by molar-refractivity contribution is 7.22. The van der Waals surface area contributed by atoms with Gasteiger partial charge in [-0.05, 0) is 43.2 Å². The van der Waals surface area contributed by atoms with Crippen LogP contribution in [0.25, 0.3) is 21.3 Å². The van der Waals surface area contributed by atoms with Crippen molar-refractivity contribution in [3.05, 3.63) is 42.0 Å². The van der Waals surface area contributed by atoms with E-state index in [4.69, 9.17) is 0 Å². The molecule has 4 rings (SSSR count). The highest BCUT2D eigenvalue weighted by atomic mass is 32.1. The highest BCUT2D eigenvalue weighted by Crippen LogP contribution is 2.33. The minimum atomic E-state index is -4.76. The summed E-state index contributed by atoms with van der Waals surface area (Å²) in [6.45, 7) is 7.22. The van der Waals surface area contributed by atoms with Gasteiger partial charge in [0, 0.05) is 24.7 Å². The minimum absolute atomic E-state index is 0.171. The molecular formula is C22H22F3N5O2S. The van der Waals surface area contributed by atoms with Crippen LogP contribution in [0.4, 0.5) is 24.3 Å². The van der Waals surface area contributed by atoms with Crippen LogP contribution in [0.3, 0.4) is 0 Å². The van der Waals surface area contributed by atoms with Gasteiger partial charge in [-0.2, -0.15) is 0 Å². The molecule has 2 aromatic heterocycles. The van der Waals surface area contributed by atoms with Crippen LogP contribution in [0.2, 0.25) is 0 Å². The molecule has 2 heterocycles. The Morgan fingerprint density at radius 1 is 1.15 bits per heavy atom. The van der Waals surface area contributed by atoms with Gasteiger partial charge in [-0.15, -0.1) is 13.2 Å². The van der Waals surface area contributed by atoms with Crippen molar-refractivity contribution >= 4 is 49.6 Å². The number of benzene rings is 2. The van der Waals surface area contributed by atoms with Gasteiger partial charge < -0.3 is 19.9 Å². The number of nitrogens with one attached hydrogen (secondary N) is 2. The van der Waals surface area contributed by atoms with E-state index in [1.165, 1.54) is 29.5 Å². The molecule has 11 heteroatoms. The molecule has 2 aromatic carbocycles. The molecule has 0 radical (unpaired) electrons. The number of fused-ring (bicyclic) bond motifs is 2. The average molecular weight is 478 g/mol. The predicted molar refractivity (Wildman–Crippen MR) is 122 cm³/mol. The lowest BCUT2D eigenvalue weighted by Crippen LogP contribution is -2.22. The van der Waals surface area contributed by atoms with Crippen molar-refractivity contribution in [2.75, 3.05) is 11.9 Å². The number of amides is 1. The molecule has 0 atom stereocenters. The number of anilines is 2. The number of nitrogens with zero attached hydrogens (tertiary/aromatic N) is 3. The second kappa shape index (κ2) is 8.89. The molecular weight excluding hydrogens is 455 g/mol. The third-order valence-electron chi connectivity index (χ3n) is 4.71. The average Bonchev–Trinajstić information content (AvgIpc) is 3.26. The maximum atomic E-state index is 12.5. The molecule has 0 saturated carbocycles. The van der Waals surface area contributed by atoms with E-state index >= 15 is 0 Å². The van der Waals surface area contributed by atoms with E-state index in [0.29, 0.717) is 51.4 Å². The number of imidazole rings is 1. The van der Waals surface area contributed by atoms with Crippen molar-refractivity contribution in [2.24, 2.45) is 5.92 Å². The summed E-state index contributed by atoms with van der Waals surface area (Å²) in [6.07, 6.45) is -4.76. The molecule has 0 spiro atoms. The van der Waals surface area contributed by atoms with Gasteiger partial charge in [-0.25, -0.2) is 9.97 Å². The number of carbonyl (C=O) groups excluding carboxylic acids is 1. The molecule has 0 unspecified atom stereocenters. The second-order valence-corrected chi connectivity index (χ2v) is 8.85. The first kappa shape index (κ1) is 22.8. The Morgan fingerprint density at radius 3 is 2.64 bits per heavy atom. The van der Waals surface area contributed by atoms with Crippen molar-refractivity contribution in [2.45, 2.75) is 33.7 Å². The number of hydrogen-bond donors (Lipinski definition) is 2. The molecule has 33 heavy (non-hydrogen) atoms. The quantitative estimate of drug-likeness (QED) is 0.357. The fourth-order valence-electron chi connectivity index (χ4n) is 3.43. The third kappa shape index (κ3) is 5.19. The smallest absolute Gasteiger partial charge is 0.406 e. The van der Waals surface area contributed by atoms with Crippen LogP contribution in [-0.4, -0.2) is 33.3 Å². The summed E-state index contributed by atoms with van der Waals surface area (Å²) < 4.78 is 44.1. The zero-order chi connectivity index (χ0) is 23.8. The van der Waals surface area contributed by atoms with Gasteiger partial charge in [-0.3, -0.25) is 4.79 Å². The molecule has 1 amide bonds. The SMILES string of the molecule is CCNC(=O)c1ccc2c(c1)nc(Nc1nc3ccc(OC(F)(F)F)cc3s1)n2CC(C)C. The number of rotatable bonds is 7. The number of alkyl halides is 3. The van der Waals surface area contributed by atoms with Gasteiger partial charge in [0.05, 0.1) is 21.3 Å². The summed E-state index contributed by atoms with van der Waals surface area (Å²) in [5.74, 6) is 0.395. The van der Waals surface area contributed by atoms with Crippen molar-refractivity contribution < 1.29 is 22.7 Å². The van der Waals surface area contributed by atoms with Crippen LogP contribution in [0.1, 0.15) is 31.1 Å². The van der Waals surface area contributed by atoms with Crippen LogP contribution in [-0.2, 0) is 6.54 Å². The maximum Gasteiger partial charge on any atom is 0.573 e. The lowest BCUT2D eigenvalue weighted by atomic mass is 10.1. The summed E-state index contributed by atoms with van der Waals surface area (Å²) in [5, 5.41) is 6.45. The summed E-state index contributed by atoms with van der Waals surface area (Å²) >= 11 is 1.20. The topological polar surface area (TPSA) is 81.1 Å². The summed E-state index contributed by atoms with van der Waals surface area (Å²) in [7, 11) is 0. The molecule has 4 aromatic rings. The molecule has 7 nitrogen and oxygen atoms in total. The summed E-state index contributed by atoms with van der Waals surface area (Å²) in [4.78, 5) is 21.3. The molecule has 0 fully saturated rings. The van der Waals surface area contributed by atoms with E-state index in [9.17, 15) is 18.0 Å². The lowest BCUT2D eigenvalue weighted by Gasteiger charge is -2.11. The predicted octanol–water partition coefficient (Wildman–Crippen LogP) is 5.69. The van der Waals surface area contributed by atoms with E-state index in [-0.39, 0.29) is 11.7 Å². The largest absolute Gasteiger partial charge is 0.573 e. The summed E-state index contributed by atoms with van der Waals surface area (Å²) in [5.41, 5.74) is 2.58. The normalized spacial score (nSPS) is 12.0. The van der Waals surface area contributed by atoms with Crippen molar-refractivity contribution in [1.29, 1.82) is 0 Å². The molecule has 2 N–H and O–H groups in total. The molecule has 174 valence electrons. The molecule has 0 bridgehead atoms. The van der Waals surface area contributed by atoms with E-state index in [1.807, 2.05) is 17.6 Å². The lowest BCUT2D eigenvalue weighted by molar-refractivity contribution is -0.274. The Labute approximate surface area is 191 Å². The Hall–Kier alpha value is -3.34. The first-order valence-electron chi connectivity index (χ1n) is 10.3. The van der Waals surface area contributed by atoms with E-state index in [2.05, 4.69) is 39.2 Å². The Bertz CT molecular complexity index is 1310. The van der Waals surface area contributed by atoms with Crippen LogP contribution >= 0.6 is 11.3 Å². The molecule has 0 aliphatic heterocycles. The van der Waals surface area contributed by atoms with Crippen LogP contribution in [0, 0.1) is 5.92 Å². The number of aromatic nitrogens is 3. The highest BCUT2D eigenvalue weighted by Gasteiger charge is 2.31. The Morgan fingerprint density at radius 2 is 1.94 bits per heavy atom. The Kier molecular flexibility index (Phi) is 6.15. The van der Waals surface area contributed by atoms with E-state index in [0.717, 1.165) is 5.52 Å². The second-order valence-electron chi connectivity index (χ2n) is 7.82. The zero-order valence-corrected chi connectivity index (χ0v) is 19.0. The minimum Gasteiger partial charge on any atom is -0.406 e. The van der Waals surface area contributed by atoms with E-state index in [1.54, 1.807) is 12.1 Å². The van der Waals surface area contributed by atoms with Gasteiger partial charge in [0.2, 0.25) is 5.95 Å². The number of thiazole rings is 1. The molecule has 0 aliphatic rings. The van der Waals surface area contributed by atoms with Gasteiger partial charge in [0.25, 0.3) is 5.91 Å². The monoisotopic (exact) mass is 477 g/mol. The van der Waals surface area contributed by atoms with Crippen LogP contribution in [0.15, 0.2) is 36.4 Å². The van der Waals surface area contributed by atoms with Gasteiger partial charge >= 0.3 is 6.36 Å². The summed E-state index contributed by atoms with van der Waals surface area (Å²) in [6, 6.07) is 9.38. The number of ether oxygens (including phenoxy) is 1. The Balaban J connectivity index is 1.69. The number of hydrogen-bond acceptors (Lipinski definition) is 6. The van der Waals surface area contributed by atoms with Crippen molar-refractivity contribution in [3.63, 3.8) is 0 Å². The van der Waals surface area contributed by atoms with Crippen LogP contribution in [0.5, 0.6) is 5.75 Å². The van der Waals surface area contributed by atoms with Crippen molar-refractivity contribution in [3.8, 4) is 5.75 Å². The first-order valence-corrected chi connectivity index (χ1v) is 11.2. The van der Waals surface area contributed by atoms with Crippen LogP contribution < -0.4 is 15.4 Å². The van der Waals surface area contributed by atoms with Gasteiger partial charge in [0.15, 0.2) is 5.13 Å². The van der Waals surface area contributed by atoms with Crippen molar-refractivity contribution in [1.82, 2.24) is 19.9 Å². The standard InChI is InChI=1S/C22H22F3N5O2S/c1-4-26-19(31)13-5-8-17-16(9-13)27-20(30(17)11-12(2)3)29-21-28-15-7-6-14(10-18(15)33-21)32-22(23,24)25/h5-10,12H,4,11H2,1-3H3,(H,26,31)(H,27,28,29). The number of halogens is 3. The fraction of sp³-hybridized carbons (Fsp3) is 0.318. The molecule has 0 aliphatic carbocycles. The van der Waals surface area contributed by atoms with Gasteiger partial charge in [-0.1, -0.05) is 25.2 Å². The zero-order valence-electron chi connectivity index (χ0n) is 18.2. The fourth-order valence-corrected chi connectivity index (χ4v) is 4.32. The first-order chi connectivity index (χ1) is 15.6. The van der Waals surface area contributed by atoms with Gasteiger partial charge in [0.1, 0.15) is 5.75 Å².